The lowest BCUT2D eigenvalue weighted by atomic mass is 10.3. The normalized spacial score (nSPS) is 12.0. The first-order chi connectivity index (χ1) is 7.04. The van der Waals surface area contributed by atoms with E-state index >= 15 is 0 Å². The molecule has 1 aromatic rings. The third-order valence-corrected chi connectivity index (χ3v) is 2.82. The van der Waals surface area contributed by atoms with Gasteiger partial charge in [-0.05, 0) is 41.1 Å². The molecule has 0 bridgehead atoms. The number of halogens is 2. The van der Waals surface area contributed by atoms with E-state index in [1.54, 1.807) is 13.0 Å². The van der Waals surface area contributed by atoms with Gasteiger partial charge in [0, 0.05) is 4.47 Å². The summed E-state index contributed by atoms with van der Waals surface area (Å²) in [7, 11) is 0. The first kappa shape index (κ1) is 12.5. The molecule has 0 aliphatic carbocycles. The number of hydrazine groups is 1. The summed E-state index contributed by atoms with van der Waals surface area (Å²) in [6, 6.07) is 5.42. The molecule has 1 amide bonds. The van der Waals surface area contributed by atoms with Crippen molar-refractivity contribution in [3.05, 3.63) is 27.1 Å². The van der Waals surface area contributed by atoms with Crippen molar-refractivity contribution in [2.24, 2.45) is 5.84 Å². The highest BCUT2D eigenvalue weighted by Gasteiger charge is 2.14. The van der Waals surface area contributed by atoms with Gasteiger partial charge in [0.1, 0.15) is 5.75 Å². The van der Waals surface area contributed by atoms with Crippen molar-refractivity contribution in [2.75, 3.05) is 0 Å². The second kappa shape index (κ2) is 5.48. The van der Waals surface area contributed by atoms with Crippen molar-refractivity contribution in [1.82, 2.24) is 5.43 Å². The van der Waals surface area contributed by atoms with Crippen LogP contribution in [0.2, 0.25) is 0 Å². The number of ether oxygens (including phenoxy) is 1. The molecule has 0 aliphatic heterocycles. The van der Waals surface area contributed by atoms with Crippen molar-refractivity contribution in [3.63, 3.8) is 0 Å². The zero-order valence-electron chi connectivity index (χ0n) is 7.96. The lowest BCUT2D eigenvalue weighted by Gasteiger charge is -2.14. The number of carbonyl (C=O) groups is 1. The lowest BCUT2D eigenvalue weighted by Crippen LogP contribution is -2.40. The Morgan fingerprint density at radius 3 is 2.73 bits per heavy atom. The van der Waals surface area contributed by atoms with Crippen molar-refractivity contribution < 1.29 is 9.53 Å². The van der Waals surface area contributed by atoms with Gasteiger partial charge in [-0.3, -0.25) is 10.2 Å². The standard InChI is InChI=1S/C9H10Br2N2O2/c1-5(9(14)13-12)15-8-3-2-6(10)4-7(8)11/h2-5H,12H2,1H3,(H,13,14)/t5-/m0/s1. The minimum Gasteiger partial charge on any atom is -0.480 e. The van der Waals surface area contributed by atoms with E-state index in [4.69, 9.17) is 10.6 Å². The topological polar surface area (TPSA) is 64.3 Å². The van der Waals surface area contributed by atoms with Gasteiger partial charge in [0.05, 0.1) is 4.47 Å². The van der Waals surface area contributed by atoms with Gasteiger partial charge < -0.3 is 4.74 Å². The van der Waals surface area contributed by atoms with E-state index in [1.807, 2.05) is 17.6 Å². The van der Waals surface area contributed by atoms with Gasteiger partial charge in [0.2, 0.25) is 0 Å². The predicted molar refractivity (Wildman–Crippen MR) is 64.3 cm³/mol. The van der Waals surface area contributed by atoms with Crippen LogP contribution >= 0.6 is 31.9 Å². The lowest BCUT2D eigenvalue weighted by molar-refractivity contribution is -0.127. The van der Waals surface area contributed by atoms with Crippen LogP contribution in [0, 0.1) is 0 Å². The number of hydrogen-bond donors (Lipinski definition) is 2. The van der Waals surface area contributed by atoms with E-state index in [0.717, 1.165) is 8.95 Å². The largest absolute Gasteiger partial charge is 0.480 e. The Morgan fingerprint density at radius 2 is 2.20 bits per heavy atom. The van der Waals surface area contributed by atoms with Gasteiger partial charge >= 0.3 is 0 Å². The van der Waals surface area contributed by atoms with E-state index in [9.17, 15) is 4.79 Å². The summed E-state index contributed by atoms with van der Waals surface area (Å²) in [6.45, 7) is 1.62. The van der Waals surface area contributed by atoms with Crippen LogP contribution in [0.4, 0.5) is 0 Å². The van der Waals surface area contributed by atoms with Crippen molar-refractivity contribution in [3.8, 4) is 5.75 Å². The molecule has 0 heterocycles. The Kier molecular flexibility index (Phi) is 4.56. The van der Waals surface area contributed by atoms with Crippen LogP contribution in [-0.2, 0) is 4.79 Å². The fourth-order valence-electron chi connectivity index (χ4n) is 0.932. The van der Waals surface area contributed by atoms with E-state index in [-0.39, 0.29) is 5.91 Å². The Labute approximate surface area is 104 Å². The van der Waals surface area contributed by atoms with Crippen LogP contribution in [-0.4, -0.2) is 12.0 Å². The number of carbonyl (C=O) groups excluding carboxylic acids is 1. The van der Waals surface area contributed by atoms with Crippen LogP contribution in [0.5, 0.6) is 5.75 Å². The maximum absolute atomic E-state index is 11.1. The van der Waals surface area contributed by atoms with Crippen LogP contribution < -0.4 is 16.0 Å². The molecule has 0 radical (unpaired) electrons. The molecule has 0 aliphatic rings. The van der Waals surface area contributed by atoms with Crippen LogP contribution in [0.1, 0.15) is 6.92 Å². The zero-order valence-corrected chi connectivity index (χ0v) is 11.1. The fourth-order valence-corrected chi connectivity index (χ4v) is 2.07. The summed E-state index contributed by atoms with van der Waals surface area (Å²) in [6.07, 6.45) is -0.632. The minimum absolute atomic E-state index is 0.371. The molecule has 0 fully saturated rings. The zero-order chi connectivity index (χ0) is 11.4. The van der Waals surface area contributed by atoms with Gasteiger partial charge in [0.25, 0.3) is 5.91 Å². The number of amides is 1. The third kappa shape index (κ3) is 3.48. The molecule has 1 aromatic carbocycles. The first-order valence-corrected chi connectivity index (χ1v) is 5.75. The van der Waals surface area contributed by atoms with Crippen LogP contribution in [0.25, 0.3) is 0 Å². The number of nitrogens with one attached hydrogen (secondary N) is 1. The first-order valence-electron chi connectivity index (χ1n) is 4.16. The van der Waals surface area contributed by atoms with Crippen molar-refractivity contribution >= 4 is 37.8 Å². The average molecular weight is 338 g/mol. The molecule has 0 saturated carbocycles. The monoisotopic (exact) mass is 336 g/mol. The maximum Gasteiger partial charge on any atom is 0.274 e. The summed E-state index contributed by atoms with van der Waals surface area (Å²) >= 11 is 6.65. The summed E-state index contributed by atoms with van der Waals surface area (Å²) in [5.41, 5.74) is 2.03. The fraction of sp³-hybridized carbons (Fsp3) is 0.222. The Balaban J connectivity index is 2.76. The van der Waals surface area contributed by atoms with E-state index < -0.39 is 6.10 Å². The summed E-state index contributed by atoms with van der Waals surface area (Å²) in [5, 5.41) is 0. The molecule has 1 atom stereocenters. The molecule has 6 heteroatoms. The molecule has 15 heavy (non-hydrogen) atoms. The second-order valence-electron chi connectivity index (χ2n) is 2.84. The molecule has 0 spiro atoms. The Hall–Kier alpha value is -0.590. The quantitative estimate of drug-likeness (QED) is 0.503. The highest BCUT2D eigenvalue weighted by molar-refractivity contribution is 9.11. The minimum atomic E-state index is -0.632. The predicted octanol–water partition coefficient (Wildman–Crippen LogP) is 1.97. The van der Waals surface area contributed by atoms with E-state index in [1.165, 1.54) is 0 Å². The average Bonchev–Trinajstić information content (AvgIpc) is 2.20. The van der Waals surface area contributed by atoms with Gasteiger partial charge in [-0.25, -0.2) is 5.84 Å². The molecule has 82 valence electrons. The molecule has 0 unspecified atom stereocenters. The smallest absolute Gasteiger partial charge is 0.274 e. The van der Waals surface area contributed by atoms with E-state index in [0.29, 0.717) is 5.75 Å². The highest BCUT2D eigenvalue weighted by atomic mass is 79.9. The molecule has 3 N–H and O–H groups in total. The van der Waals surface area contributed by atoms with E-state index in [2.05, 4.69) is 31.9 Å². The molecular formula is C9H10Br2N2O2. The van der Waals surface area contributed by atoms with Gasteiger partial charge in [-0.15, -0.1) is 0 Å². The molecule has 0 aromatic heterocycles. The van der Waals surface area contributed by atoms with Crippen LogP contribution in [0.15, 0.2) is 27.1 Å². The van der Waals surface area contributed by atoms with Crippen molar-refractivity contribution in [1.29, 1.82) is 0 Å². The van der Waals surface area contributed by atoms with Gasteiger partial charge in [0.15, 0.2) is 6.10 Å². The number of rotatable bonds is 3. The molecule has 1 rings (SSSR count). The Bertz CT molecular complexity index is 371. The summed E-state index contributed by atoms with van der Waals surface area (Å²) in [4.78, 5) is 11.1. The number of benzene rings is 1. The summed E-state index contributed by atoms with van der Waals surface area (Å²) < 4.78 is 7.09. The summed E-state index contributed by atoms with van der Waals surface area (Å²) in [5.74, 6) is 5.21. The number of hydrogen-bond acceptors (Lipinski definition) is 3. The SMILES string of the molecule is C[C@H](Oc1ccc(Br)cc1Br)C(=O)NN. The van der Waals surface area contributed by atoms with Gasteiger partial charge in [-0.1, -0.05) is 15.9 Å². The maximum atomic E-state index is 11.1. The molecule has 0 saturated heterocycles. The second-order valence-corrected chi connectivity index (χ2v) is 4.61. The van der Waals surface area contributed by atoms with Crippen molar-refractivity contribution in [2.45, 2.75) is 13.0 Å². The molecular weight excluding hydrogens is 328 g/mol. The highest BCUT2D eigenvalue weighted by Crippen LogP contribution is 2.28. The van der Waals surface area contributed by atoms with Gasteiger partial charge in [-0.2, -0.15) is 0 Å². The Morgan fingerprint density at radius 1 is 1.53 bits per heavy atom. The number of nitrogens with two attached hydrogens (primary N) is 1. The third-order valence-electron chi connectivity index (χ3n) is 1.71. The van der Waals surface area contributed by atoms with Crippen LogP contribution in [0.3, 0.4) is 0 Å². The molecule has 4 nitrogen and oxygen atoms in total.